The van der Waals surface area contributed by atoms with Crippen molar-refractivity contribution in [2.45, 2.75) is 38.8 Å². The number of carbonyl (C=O) groups is 2. The average Bonchev–Trinajstić information content (AvgIpc) is 3.65. The van der Waals surface area contributed by atoms with Crippen molar-refractivity contribution in [3.05, 3.63) is 78.1 Å². The van der Waals surface area contributed by atoms with Gasteiger partial charge in [-0.15, -0.1) is 0 Å². The number of carbonyl (C=O) groups excluding carboxylic acids is 2. The Balaban J connectivity index is 1.44. The molecule has 0 saturated heterocycles. The van der Waals surface area contributed by atoms with Crippen molar-refractivity contribution in [1.82, 2.24) is 29.5 Å². The zero-order chi connectivity index (χ0) is 26.4. The first-order chi connectivity index (χ1) is 17.7. The van der Waals surface area contributed by atoms with Gasteiger partial charge in [0.05, 0.1) is 22.1 Å². The maximum atomic E-state index is 13.3. The number of para-hydroxylation sites is 1. The van der Waals surface area contributed by atoms with Gasteiger partial charge in [0, 0.05) is 36.3 Å². The molecular formula is C28H28N6O3. The van der Waals surface area contributed by atoms with Crippen LogP contribution < -0.4 is 10.9 Å². The van der Waals surface area contributed by atoms with Crippen molar-refractivity contribution in [2.24, 2.45) is 0 Å². The molecule has 0 spiro atoms. The van der Waals surface area contributed by atoms with Gasteiger partial charge in [-0.3, -0.25) is 23.6 Å². The number of aromatic nitrogens is 4. The maximum absolute atomic E-state index is 13.3. The fourth-order valence-electron chi connectivity index (χ4n) is 4.27. The maximum Gasteiger partial charge on any atom is 0.272 e. The van der Waals surface area contributed by atoms with Gasteiger partial charge < -0.3 is 10.2 Å². The number of likely N-dealkylation sites (N-methyl/N-ethyl adjacent to an activating group) is 1. The average molecular weight is 497 g/mol. The molecule has 5 rings (SSSR count). The first-order valence-corrected chi connectivity index (χ1v) is 12.1. The minimum absolute atomic E-state index is 0.0687. The van der Waals surface area contributed by atoms with Gasteiger partial charge in [0.1, 0.15) is 12.0 Å². The standard InChI is InChI=1S/C28H28N6O3/c1-16(2)34-14-20-13-19(9-12-24(20)31-34)22-7-6-8-23-25(22)29-15-33(28(23)37)18(4)26(35)30-17(3)27(36)32(5)21-10-11-21/h6-9,12-16,21H,3-4,10-11H2,1-2,5H3,(H,30,35). The summed E-state index contributed by atoms with van der Waals surface area (Å²) < 4.78 is 3.00. The van der Waals surface area contributed by atoms with Crippen LogP contribution in [0.5, 0.6) is 0 Å². The normalized spacial score (nSPS) is 13.2. The highest BCUT2D eigenvalue weighted by Crippen LogP contribution is 2.29. The van der Waals surface area contributed by atoms with Crippen LogP contribution in [0.25, 0.3) is 38.6 Å². The Labute approximate surface area is 213 Å². The number of fused-ring (bicyclic) bond motifs is 2. The quantitative estimate of drug-likeness (QED) is 0.393. The molecule has 37 heavy (non-hydrogen) atoms. The van der Waals surface area contributed by atoms with Gasteiger partial charge in [0.2, 0.25) is 0 Å². The van der Waals surface area contributed by atoms with E-state index in [0.29, 0.717) is 10.9 Å². The molecule has 1 aliphatic rings. The van der Waals surface area contributed by atoms with E-state index in [9.17, 15) is 14.4 Å². The van der Waals surface area contributed by atoms with E-state index in [4.69, 9.17) is 0 Å². The molecule has 2 heterocycles. The second-order valence-electron chi connectivity index (χ2n) is 9.62. The summed E-state index contributed by atoms with van der Waals surface area (Å²) in [5, 5.41) is 8.39. The Hall–Kier alpha value is -4.53. The fraction of sp³-hybridized carbons (Fsp3) is 0.250. The van der Waals surface area contributed by atoms with Crippen LogP contribution in [0, 0.1) is 0 Å². The van der Waals surface area contributed by atoms with Gasteiger partial charge in [-0.1, -0.05) is 31.4 Å². The lowest BCUT2D eigenvalue weighted by atomic mass is 10.0. The molecule has 9 heteroatoms. The number of hydrogen-bond donors (Lipinski definition) is 1. The Morgan fingerprint density at radius 1 is 1.16 bits per heavy atom. The van der Waals surface area contributed by atoms with Gasteiger partial charge in [0.15, 0.2) is 0 Å². The molecule has 2 aromatic heterocycles. The molecule has 0 aliphatic heterocycles. The van der Waals surface area contributed by atoms with Crippen LogP contribution in [0.3, 0.4) is 0 Å². The van der Waals surface area contributed by atoms with Crippen LogP contribution in [0.4, 0.5) is 0 Å². The van der Waals surface area contributed by atoms with Gasteiger partial charge in [-0.2, -0.15) is 5.10 Å². The number of hydrogen-bond acceptors (Lipinski definition) is 5. The van der Waals surface area contributed by atoms with Crippen molar-refractivity contribution < 1.29 is 9.59 Å². The Kier molecular flexibility index (Phi) is 5.99. The van der Waals surface area contributed by atoms with E-state index in [1.54, 1.807) is 24.1 Å². The van der Waals surface area contributed by atoms with Crippen molar-refractivity contribution in [1.29, 1.82) is 0 Å². The lowest BCUT2D eigenvalue weighted by molar-refractivity contribution is -0.128. The van der Waals surface area contributed by atoms with E-state index in [1.807, 2.05) is 35.1 Å². The van der Waals surface area contributed by atoms with Crippen LogP contribution in [-0.2, 0) is 9.59 Å². The lowest BCUT2D eigenvalue weighted by Gasteiger charge is -2.18. The van der Waals surface area contributed by atoms with E-state index in [1.165, 1.54) is 6.33 Å². The molecule has 1 N–H and O–H groups in total. The molecular weight excluding hydrogens is 468 g/mol. The third-order valence-electron chi connectivity index (χ3n) is 6.64. The third-order valence-corrected chi connectivity index (χ3v) is 6.64. The predicted molar refractivity (Wildman–Crippen MR) is 144 cm³/mol. The molecule has 4 aromatic rings. The zero-order valence-electron chi connectivity index (χ0n) is 21.1. The van der Waals surface area contributed by atoms with E-state index in [0.717, 1.165) is 39.4 Å². The van der Waals surface area contributed by atoms with Gasteiger partial charge in [-0.25, -0.2) is 4.98 Å². The smallest absolute Gasteiger partial charge is 0.272 e. The molecule has 2 amide bonds. The highest BCUT2D eigenvalue weighted by atomic mass is 16.2. The molecule has 0 atom stereocenters. The number of nitrogens with one attached hydrogen (secondary N) is 1. The summed E-state index contributed by atoms with van der Waals surface area (Å²) in [5.41, 5.74) is 2.43. The summed E-state index contributed by atoms with van der Waals surface area (Å²) in [6.07, 6.45) is 5.16. The SMILES string of the molecule is C=C(NC(=O)C(=C)n1cnc2c(-c3ccc4nn(C(C)C)cc4c3)cccc2c1=O)C(=O)N(C)C1CC1. The molecule has 2 aromatic carbocycles. The van der Waals surface area contributed by atoms with E-state index in [-0.39, 0.29) is 29.4 Å². The van der Waals surface area contributed by atoms with Crippen LogP contribution in [0.2, 0.25) is 0 Å². The molecule has 9 nitrogen and oxygen atoms in total. The molecule has 188 valence electrons. The summed E-state index contributed by atoms with van der Waals surface area (Å²) in [7, 11) is 1.68. The molecule has 0 radical (unpaired) electrons. The number of amides is 2. The minimum Gasteiger partial charge on any atom is -0.337 e. The topological polar surface area (TPSA) is 102 Å². The predicted octanol–water partition coefficient (Wildman–Crippen LogP) is 3.72. The van der Waals surface area contributed by atoms with Crippen molar-refractivity contribution in [3.63, 3.8) is 0 Å². The largest absolute Gasteiger partial charge is 0.337 e. The second kappa shape index (κ2) is 9.16. The molecule has 0 bridgehead atoms. The second-order valence-corrected chi connectivity index (χ2v) is 9.62. The van der Waals surface area contributed by atoms with Gasteiger partial charge >= 0.3 is 0 Å². The number of nitrogens with zero attached hydrogens (tertiary/aromatic N) is 5. The van der Waals surface area contributed by atoms with Gasteiger partial charge in [0.25, 0.3) is 17.4 Å². The van der Waals surface area contributed by atoms with Crippen LogP contribution in [-0.4, -0.2) is 49.1 Å². The van der Waals surface area contributed by atoms with Crippen molar-refractivity contribution >= 4 is 39.3 Å². The van der Waals surface area contributed by atoms with Crippen LogP contribution in [0.15, 0.2) is 72.6 Å². The Morgan fingerprint density at radius 3 is 2.62 bits per heavy atom. The molecule has 1 saturated carbocycles. The molecule has 1 aliphatic carbocycles. The minimum atomic E-state index is -0.699. The van der Waals surface area contributed by atoms with Crippen molar-refractivity contribution in [3.8, 4) is 11.1 Å². The third kappa shape index (κ3) is 4.44. The highest BCUT2D eigenvalue weighted by Gasteiger charge is 2.31. The molecule has 1 fully saturated rings. The van der Waals surface area contributed by atoms with E-state index < -0.39 is 11.5 Å². The van der Waals surface area contributed by atoms with E-state index >= 15 is 0 Å². The van der Waals surface area contributed by atoms with E-state index in [2.05, 4.69) is 42.4 Å². The summed E-state index contributed by atoms with van der Waals surface area (Å²) in [6.45, 7) is 11.6. The summed E-state index contributed by atoms with van der Waals surface area (Å²) in [4.78, 5) is 44.6. The Morgan fingerprint density at radius 2 is 1.92 bits per heavy atom. The first kappa shape index (κ1) is 24.2. The first-order valence-electron chi connectivity index (χ1n) is 12.1. The summed E-state index contributed by atoms with van der Waals surface area (Å²) in [5.74, 6) is -1.07. The number of rotatable bonds is 7. The van der Waals surface area contributed by atoms with Gasteiger partial charge in [-0.05, 0) is 50.5 Å². The Bertz CT molecular complexity index is 1660. The summed E-state index contributed by atoms with van der Waals surface area (Å²) >= 11 is 0. The lowest BCUT2D eigenvalue weighted by Crippen LogP contribution is -2.38. The van der Waals surface area contributed by atoms with Crippen LogP contribution >= 0.6 is 0 Å². The monoisotopic (exact) mass is 496 g/mol. The van der Waals surface area contributed by atoms with Crippen LogP contribution in [0.1, 0.15) is 32.7 Å². The molecule has 0 unspecified atom stereocenters. The van der Waals surface area contributed by atoms with Crippen molar-refractivity contribution in [2.75, 3.05) is 7.05 Å². The highest BCUT2D eigenvalue weighted by molar-refractivity contribution is 6.15. The summed E-state index contributed by atoms with van der Waals surface area (Å²) in [6, 6.07) is 11.7. The number of benzene rings is 2. The zero-order valence-corrected chi connectivity index (χ0v) is 21.1. The fourth-order valence-corrected chi connectivity index (χ4v) is 4.27.